The topological polar surface area (TPSA) is 85.1 Å². The van der Waals surface area contributed by atoms with Crippen molar-refractivity contribution in [3.05, 3.63) is 77.0 Å². The number of nitrogens with zero attached hydrogens (tertiary/aromatic N) is 3. The van der Waals surface area contributed by atoms with Gasteiger partial charge in [0.25, 0.3) is 5.56 Å². The first-order valence-electron chi connectivity index (χ1n) is 6.49. The fourth-order valence-corrected chi connectivity index (χ4v) is 2.09. The van der Waals surface area contributed by atoms with Gasteiger partial charge in [0, 0.05) is 29.8 Å². The van der Waals surface area contributed by atoms with Crippen molar-refractivity contribution in [2.75, 3.05) is 0 Å². The molecule has 6 nitrogen and oxygen atoms in total. The van der Waals surface area contributed by atoms with Crippen LogP contribution in [0.25, 0.3) is 17.1 Å². The Bertz CT molecular complexity index is 874. The van der Waals surface area contributed by atoms with Gasteiger partial charge in [0.15, 0.2) is 0 Å². The molecule has 3 rings (SSSR count). The first-order valence-corrected chi connectivity index (χ1v) is 6.49. The van der Waals surface area contributed by atoms with Gasteiger partial charge in [0.05, 0.1) is 0 Å². The highest BCUT2D eigenvalue weighted by atomic mass is 16.4. The Balaban J connectivity index is 2.32. The summed E-state index contributed by atoms with van der Waals surface area (Å²) in [6, 6.07) is 12.6. The summed E-state index contributed by atoms with van der Waals surface area (Å²) < 4.78 is 1.57. The van der Waals surface area contributed by atoms with E-state index in [4.69, 9.17) is 5.11 Å². The molecular weight excluding hydrogens is 282 g/mol. The zero-order valence-corrected chi connectivity index (χ0v) is 11.4. The van der Waals surface area contributed by atoms with Crippen molar-refractivity contribution >= 4 is 5.97 Å². The van der Waals surface area contributed by atoms with E-state index in [-0.39, 0.29) is 5.56 Å². The molecule has 2 aromatic heterocycles. The van der Waals surface area contributed by atoms with Crippen LogP contribution in [-0.4, -0.2) is 25.6 Å². The van der Waals surface area contributed by atoms with Crippen LogP contribution in [0.4, 0.5) is 0 Å². The SMILES string of the molecule is O=C(O)c1cn(-c2ccccc2)c(-c2cccnc2)nc1=O. The number of carboxylic acids is 1. The molecule has 0 fully saturated rings. The maximum atomic E-state index is 11.9. The highest BCUT2D eigenvalue weighted by molar-refractivity contribution is 5.87. The van der Waals surface area contributed by atoms with Gasteiger partial charge in [-0.3, -0.25) is 9.78 Å². The van der Waals surface area contributed by atoms with Gasteiger partial charge in [-0.2, -0.15) is 4.98 Å². The quantitative estimate of drug-likeness (QED) is 0.798. The summed E-state index contributed by atoms with van der Waals surface area (Å²) >= 11 is 0. The number of rotatable bonds is 3. The Labute approximate surface area is 125 Å². The first kappa shape index (κ1) is 13.7. The van der Waals surface area contributed by atoms with Crippen molar-refractivity contribution in [2.45, 2.75) is 0 Å². The van der Waals surface area contributed by atoms with E-state index in [0.717, 1.165) is 0 Å². The smallest absolute Gasteiger partial charge is 0.342 e. The summed E-state index contributed by atoms with van der Waals surface area (Å²) in [4.78, 5) is 31.0. The molecule has 108 valence electrons. The maximum absolute atomic E-state index is 11.9. The van der Waals surface area contributed by atoms with Gasteiger partial charge in [0.1, 0.15) is 11.4 Å². The first-order chi connectivity index (χ1) is 10.7. The van der Waals surface area contributed by atoms with Crippen molar-refractivity contribution in [3.8, 4) is 17.1 Å². The van der Waals surface area contributed by atoms with E-state index in [1.807, 2.05) is 18.2 Å². The number of pyridine rings is 1. The molecule has 0 bridgehead atoms. The fraction of sp³-hybridized carbons (Fsp3) is 0. The van der Waals surface area contributed by atoms with Crippen LogP contribution in [0.1, 0.15) is 10.4 Å². The predicted molar refractivity (Wildman–Crippen MR) is 80.0 cm³/mol. The number of benzene rings is 1. The Kier molecular flexibility index (Phi) is 3.49. The number of carboxylic acid groups (broad SMARTS) is 1. The van der Waals surface area contributed by atoms with Crippen LogP contribution in [0.2, 0.25) is 0 Å². The molecule has 1 N–H and O–H groups in total. The van der Waals surface area contributed by atoms with Crippen molar-refractivity contribution in [1.29, 1.82) is 0 Å². The van der Waals surface area contributed by atoms with E-state index in [2.05, 4.69) is 9.97 Å². The standard InChI is InChI=1S/C16H11N3O3/c20-15-13(16(21)22)10-19(12-6-2-1-3-7-12)14(18-15)11-5-4-8-17-9-11/h1-10H,(H,21,22). The maximum Gasteiger partial charge on any atom is 0.342 e. The van der Waals surface area contributed by atoms with Crippen LogP contribution in [0.3, 0.4) is 0 Å². The molecule has 2 heterocycles. The zero-order chi connectivity index (χ0) is 15.5. The van der Waals surface area contributed by atoms with Gasteiger partial charge in [-0.15, -0.1) is 0 Å². The lowest BCUT2D eigenvalue weighted by molar-refractivity contribution is 0.0694. The Morgan fingerprint density at radius 2 is 1.86 bits per heavy atom. The second kappa shape index (κ2) is 5.61. The lowest BCUT2D eigenvalue weighted by Gasteiger charge is -2.13. The molecule has 0 saturated carbocycles. The molecule has 0 amide bonds. The largest absolute Gasteiger partial charge is 0.477 e. The summed E-state index contributed by atoms with van der Waals surface area (Å²) in [6.07, 6.45) is 4.47. The number of para-hydroxylation sites is 1. The molecular formula is C16H11N3O3. The zero-order valence-electron chi connectivity index (χ0n) is 11.4. The van der Waals surface area contributed by atoms with Crippen LogP contribution in [0.5, 0.6) is 0 Å². The van der Waals surface area contributed by atoms with Gasteiger partial charge in [0.2, 0.25) is 0 Å². The van der Waals surface area contributed by atoms with Crippen LogP contribution in [-0.2, 0) is 0 Å². The van der Waals surface area contributed by atoms with Crippen molar-refractivity contribution in [2.24, 2.45) is 0 Å². The predicted octanol–water partition coefficient (Wildman–Crippen LogP) is 1.99. The molecule has 0 radical (unpaired) electrons. The second-order valence-electron chi connectivity index (χ2n) is 4.54. The van der Waals surface area contributed by atoms with Crippen molar-refractivity contribution in [1.82, 2.24) is 14.5 Å². The second-order valence-corrected chi connectivity index (χ2v) is 4.54. The summed E-state index contributed by atoms with van der Waals surface area (Å²) in [7, 11) is 0. The van der Waals surface area contributed by atoms with Crippen molar-refractivity contribution in [3.63, 3.8) is 0 Å². The molecule has 6 heteroatoms. The third-order valence-electron chi connectivity index (χ3n) is 3.11. The third kappa shape index (κ3) is 2.49. The molecule has 22 heavy (non-hydrogen) atoms. The van der Waals surface area contributed by atoms with E-state index in [1.54, 1.807) is 41.2 Å². The summed E-state index contributed by atoms with van der Waals surface area (Å²) in [5.41, 5.74) is 0.173. The molecule has 0 aliphatic rings. The molecule has 0 saturated heterocycles. The molecule has 0 atom stereocenters. The Hall–Kier alpha value is -3.28. The lowest BCUT2D eigenvalue weighted by atomic mass is 10.2. The number of hydrogen-bond donors (Lipinski definition) is 1. The number of hydrogen-bond acceptors (Lipinski definition) is 4. The lowest BCUT2D eigenvalue weighted by Crippen LogP contribution is -2.22. The minimum absolute atomic E-state index is 0.342. The van der Waals surface area contributed by atoms with Crippen molar-refractivity contribution < 1.29 is 9.90 Å². The van der Waals surface area contributed by atoms with Crippen LogP contribution < -0.4 is 5.56 Å². The molecule has 0 spiro atoms. The molecule has 0 aliphatic carbocycles. The van der Waals surface area contributed by atoms with Gasteiger partial charge < -0.3 is 9.67 Å². The van der Waals surface area contributed by atoms with E-state index in [1.165, 1.54) is 6.20 Å². The highest BCUT2D eigenvalue weighted by Crippen LogP contribution is 2.19. The van der Waals surface area contributed by atoms with Crippen LogP contribution in [0.15, 0.2) is 65.8 Å². The van der Waals surface area contributed by atoms with E-state index < -0.39 is 11.5 Å². The van der Waals surface area contributed by atoms with Crippen LogP contribution in [0, 0.1) is 0 Å². The third-order valence-corrected chi connectivity index (χ3v) is 3.11. The van der Waals surface area contributed by atoms with Gasteiger partial charge in [-0.25, -0.2) is 4.79 Å². The average molecular weight is 293 g/mol. The molecule has 0 aliphatic heterocycles. The van der Waals surface area contributed by atoms with E-state index in [0.29, 0.717) is 17.1 Å². The minimum Gasteiger partial charge on any atom is -0.477 e. The normalized spacial score (nSPS) is 10.4. The van der Waals surface area contributed by atoms with Gasteiger partial charge >= 0.3 is 5.97 Å². The van der Waals surface area contributed by atoms with E-state index >= 15 is 0 Å². The Morgan fingerprint density at radius 3 is 2.50 bits per heavy atom. The fourth-order valence-electron chi connectivity index (χ4n) is 2.09. The number of carbonyl (C=O) groups is 1. The number of aromatic nitrogens is 3. The Morgan fingerprint density at radius 1 is 1.09 bits per heavy atom. The number of aromatic carboxylic acids is 1. The van der Waals surface area contributed by atoms with Crippen LogP contribution >= 0.6 is 0 Å². The highest BCUT2D eigenvalue weighted by Gasteiger charge is 2.16. The molecule has 3 aromatic rings. The van der Waals surface area contributed by atoms with Gasteiger partial charge in [-0.1, -0.05) is 18.2 Å². The van der Waals surface area contributed by atoms with Gasteiger partial charge in [-0.05, 0) is 24.3 Å². The average Bonchev–Trinajstić information content (AvgIpc) is 2.56. The summed E-state index contributed by atoms with van der Waals surface area (Å²) in [5, 5.41) is 9.13. The monoisotopic (exact) mass is 293 g/mol. The molecule has 1 aromatic carbocycles. The molecule has 0 unspecified atom stereocenters. The summed E-state index contributed by atoms with van der Waals surface area (Å²) in [6.45, 7) is 0. The summed E-state index contributed by atoms with van der Waals surface area (Å²) in [5.74, 6) is -0.964. The van der Waals surface area contributed by atoms with E-state index in [9.17, 15) is 9.59 Å². The minimum atomic E-state index is -1.31.